The number of aromatic nitrogens is 2. The minimum Gasteiger partial charge on any atom is -0.318 e. The summed E-state index contributed by atoms with van der Waals surface area (Å²) in [5.41, 5.74) is 1.17. The molecule has 5 heteroatoms. The van der Waals surface area contributed by atoms with Gasteiger partial charge in [-0.25, -0.2) is 9.37 Å². The molecule has 2 nitrogen and oxygen atoms in total. The van der Waals surface area contributed by atoms with Crippen LogP contribution in [0.1, 0.15) is 36.0 Å². The molecule has 2 aromatic heterocycles. The van der Waals surface area contributed by atoms with E-state index < -0.39 is 0 Å². The van der Waals surface area contributed by atoms with Crippen molar-refractivity contribution in [2.45, 2.75) is 25.3 Å². The Bertz CT molecular complexity index is 734. The average Bonchev–Trinajstić information content (AvgIpc) is 3.06. The summed E-state index contributed by atoms with van der Waals surface area (Å²) in [5, 5.41) is 1.76. The molecule has 0 aliphatic heterocycles. The van der Waals surface area contributed by atoms with E-state index in [1.54, 1.807) is 17.4 Å². The van der Waals surface area contributed by atoms with Crippen molar-refractivity contribution in [3.8, 4) is 0 Å². The zero-order valence-electron chi connectivity index (χ0n) is 11.2. The minimum atomic E-state index is -0.307. The third-order valence-electron chi connectivity index (χ3n) is 3.40. The largest absolute Gasteiger partial charge is 0.318 e. The Morgan fingerprint density at radius 2 is 2.05 bits per heavy atom. The molecule has 0 spiro atoms. The van der Waals surface area contributed by atoms with E-state index >= 15 is 0 Å². The summed E-state index contributed by atoms with van der Waals surface area (Å²) in [4.78, 5) is 5.60. The molecule has 0 saturated carbocycles. The fraction of sp³-hybridized carbons (Fsp3) is 0.267. The molecule has 3 aromatic rings. The first-order valence-electron chi connectivity index (χ1n) is 6.43. The van der Waals surface area contributed by atoms with Crippen molar-refractivity contribution >= 4 is 34.0 Å². The lowest BCUT2D eigenvalue weighted by Gasteiger charge is -2.17. The van der Waals surface area contributed by atoms with Crippen molar-refractivity contribution in [1.29, 1.82) is 0 Å². The maximum absolute atomic E-state index is 13.9. The van der Waals surface area contributed by atoms with Gasteiger partial charge in [0.2, 0.25) is 0 Å². The van der Waals surface area contributed by atoms with E-state index in [2.05, 4.69) is 18.0 Å². The number of nitrogens with zero attached hydrogens (tertiary/aromatic N) is 2. The van der Waals surface area contributed by atoms with Gasteiger partial charge in [0.1, 0.15) is 11.3 Å². The number of halogens is 2. The van der Waals surface area contributed by atoms with Crippen molar-refractivity contribution in [1.82, 2.24) is 9.55 Å². The van der Waals surface area contributed by atoms with Gasteiger partial charge < -0.3 is 4.57 Å². The van der Waals surface area contributed by atoms with Crippen LogP contribution in [0.5, 0.6) is 0 Å². The van der Waals surface area contributed by atoms with Crippen LogP contribution in [0, 0.1) is 5.82 Å². The highest BCUT2D eigenvalue weighted by Gasteiger charge is 2.22. The molecule has 0 bridgehead atoms. The van der Waals surface area contributed by atoms with Crippen LogP contribution in [-0.2, 0) is 0 Å². The molecule has 3 rings (SSSR count). The summed E-state index contributed by atoms with van der Waals surface area (Å²) >= 11 is 7.91. The third-order valence-corrected chi connectivity index (χ3v) is 4.63. The van der Waals surface area contributed by atoms with Gasteiger partial charge in [-0.1, -0.05) is 12.1 Å². The SMILES string of the molecule is CC(Cl)c1nc2c(F)cccc2n1C(C)c1cccs1. The van der Waals surface area contributed by atoms with Gasteiger partial charge in [0, 0.05) is 4.88 Å². The van der Waals surface area contributed by atoms with Crippen LogP contribution in [0.25, 0.3) is 11.0 Å². The molecule has 0 radical (unpaired) electrons. The molecule has 0 amide bonds. The van der Waals surface area contributed by atoms with E-state index in [0.717, 1.165) is 5.52 Å². The van der Waals surface area contributed by atoms with Crippen LogP contribution in [0.2, 0.25) is 0 Å². The number of benzene rings is 1. The summed E-state index contributed by atoms with van der Waals surface area (Å²) in [7, 11) is 0. The van der Waals surface area contributed by atoms with Gasteiger partial charge in [-0.05, 0) is 37.4 Å². The van der Waals surface area contributed by atoms with Crippen LogP contribution in [0.3, 0.4) is 0 Å². The number of thiophene rings is 1. The molecule has 2 heterocycles. The second-order valence-electron chi connectivity index (χ2n) is 4.75. The number of hydrogen-bond acceptors (Lipinski definition) is 2. The topological polar surface area (TPSA) is 17.8 Å². The van der Waals surface area contributed by atoms with E-state index in [4.69, 9.17) is 11.6 Å². The van der Waals surface area contributed by atoms with Crippen molar-refractivity contribution < 1.29 is 4.39 Å². The first kappa shape index (κ1) is 13.6. The molecular formula is C15H14ClFN2S. The number of hydrogen-bond donors (Lipinski definition) is 0. The lowest BCUT2D eigenvalue weighted by atomic mass is 10.2. The summed E-state index contributed by atoms with van der Waals surface area (Å²) in [6.07, 6.45) is 0. The Hall–Kier alpha value is -1.39. The molecule has 2 unspecified atom stereocenters. The predicted molar refractivity (Wildman–Crippen MR) is 82.1 cm³/mol. The lowest BCUT2D eigenvalue weighted by molar-refractivity contribution is 0.628. The summed E-state index contributed by atoms with van der Waals surface area (Å²) in [6.45, 7) is 3.94. The molecule has 2 atom stereocenters. The van der Waals surface area contributed by atoms with Crippen molar-refractivity contribution in [3.63, 3.8) is 0 Å². The third kappa shape index (κ3) is 2.13. The Morgan fingerprint density at radius 3 is 2.70 bits per heavy atom. The maximum atomic E-state index is 13.9. The summed E-state index contributed by atoms with van der Waals surface area (Å²) in [5.74, 6) is 0.394. The van der Waals surface area contributed by atoms with Crippen molar-refractivity contribution in [3.05, 3.63) is 52.2 Å². The van der Waals surface area contributed by atoms with Crippen LogP contribution >= 0.6 is 22.9 Å². The van der Waals surface area contributed by atoms with Crippen LogP contribution in [0.4, 0.5) is 4.39 Å². The lowest BCUT2D eigenvalue weighted by Crippen LogP contribution is -2.10. The number of alkyl halides is 1. The zero-order chi connectivity index (χ0) is 14.3. The zero-order valence-corrected chi connectivity index (χ0v) is 12.7. The predicted octanol–water partition coefficient (Wildman–Crippen LogP) is 5.15. The highest BCUT2D eigenvalue weighted by Crippen LogP contribution is 2.33. The quantitative estimate of drug-likeness (QED) is 0.612. The number of imidazole rings is 1. The van der Waals surface area contributed by atoms with E-state index in [1.165, 1.54) is 10.9 Å². The fourth-order valence-corrected chi connectivity index (χ4v) is 3.37. The van der Waals surface area contributed by atoms with Crippen LogP contribution < -0.4 is 0 Å². The highest BCUT2D eigenvalue weighted by molar-refractivity contribution is 7.10. The van der Waals surface area contributed by atoms with Gasteiger partial charge in [-0.2, -0.15) is 0 Å². The number of fused-ring (bicyclic) bond motifs is 1. The smallest absolute Gasteiger partial charge is 0.151 e. The molecule has 0 fully saturated rings. The van der Waals surface area contributed by atoms with E-state index in [1.807, 2.05) is 29.0 Å². The Labute approximate surface area is 125 Å². The van der Waals surface area contributed by atoms with Crippen molar-refractivity contribution in [2.75, 3.05) is 0 Å². The molecule has 104 valence electrons. The van der Waals surface area contributed by atoms with Gasteiger partial charge >= 0.3 is 0 Å². The second-order valence-corrected chi connectivity index (χ2v) is 6.39. The molecule has 1 aromatic carbocycles. The first-order chi connectivity index (χ1) is 9.59. The van der Waals surface area contributed by atoms with Gasteiger partial charge in [0.25, 0.3) is 0 Å². The monoisotopic (exact) mass is 308 g/mol. The molecule has 0 aliphatic carbocycles. The first-order valence-corrected chi connectivity index (χ1v) is 7.75. The van der Waals surface area contributed by atoms with Crippen molar-refractivity contribution in [2.24, 2.45) is 0 Å². The van der Waals surface area contributed by atoms with Crippen LogP contribution in [-0.4, -0.2) is 9.55 Å². The summed E-state index contributed by atoms with van der Waals surface area (Å²) < 4.78 is 16.0. The fourth-order valence-electron chi connectivity index (χ4n) is 2.44. The van der Waals surface area contributed by atoms with E-state index in [-0.39, 0.29) is 17.2 Å². The van der Waals surface area contributed by atoms with Gasteiger partial charge in [-0.3, -0.25) is 0 Å². The van der Waals surface area contributed by atoms with Crippen LogP contribution in [0.15, 0.2) is 35.7 Å². The minimum absolute atomic E-state index is 0.0815. The molecule has 0 aliphatic rings. The van der Waals surface area contributed by atoms with E-state index in [9.17, 15) is 4.39 Å². The number of para-hydroxylation sites is 1. The maximum Gasteiger partial charge on any atom is 0.151 e. The van der Waals surface area contributed by atoms with Gasteiger partial charge in [0.05, 0.1) is 16.9 Å². The summed E-state index contributed by atoms with van der Waals surface area (Å²) in [6, 6.07) is 9.19. The normalized spacial score (nSPS) is 14.6. The molecule has 0 saturated heterocycles. The second kappa shape index (κ2) is 5.19. The Kier molecular flexibility index (Phi) is 3.52. The molecule has 20 heavy (non-hydrogen) atoms. The van der Waals surface area contributed by atoms with Gasteiger partial charge in [-0.15, -0.1) is 22.9 Å². The number of rotatable bonds is 3. The standard InChI is InChI=1S/C15H14ClFN2S/c1-9(16)15-18-14-11(17)5-3-6-12(14)19(15)10(2)13-7-4-8-20-13/h3-10H,1-2H3. The average molecular weight is 309 g/mol. The molecule has 0 N–H and O–H groups in total. The van der Waals surface area contributed by atoms with E-state index in [0.29, 0.717) is 11.3 Å². The Balaban J connectivity index is 2.27. The highest BCUT2D eigenvalue weighted by atomic mass is 35.5. The Morgan fingerprint density at radius 1 is 1.25 bits per heavy atom. The molecular weight excluding hydrogens is 295 g/mol. The van der Waals surface area contributed by atoms with Gasteiger partial charge in [0.15, 0.2) is 5.82 Å².